The van der Waals surface area contributed by atoms with Gasteiger partial charge in [-0.15, -0.1) is 0 Å². The molecule has 5 nitrogen and oxygen atoms in total. The molecule has 7 heteroatoms. The molecule has 0 saturated carbocycles. The lowest BCUT2D eigenvalue weighted by Gasteiger charge is -2.24. The van der Waals surface area contributed by atoms with E-state index in [-0.39, 0.29) is 12.0 Å². The minimum Gasteiger partial charge on any atom is -0.444 e. The molecule has 25 heavy (non-hydrogen) atoms. The average Bonchev–Trinajstić information content (AvgIpc) is 2.48. The van der Waals surface area contributed by atoms with E-state index in [0.717, 1.165) is 37.6 Å². The summed E-state index contributed by atoms with van der Waals surface area (Å²) in [5.41, 5.74) is 5.03. The summed E-state index contributed by atoms with van der Waals surface area (Å²) in [4.78, 5) is 12.0. The fourth-order valence-electron chi connectivity index (χ4n) is 2.28. The molecular weight excluding hydrogens is 328 g/mol. The summed E-state index contributed by atoms with van der Waals surface area (Å²) < 4.78 is 32.5. The Morgan fingerprint density at radius 1 is 1.28 bits per heavy atom. The van der Waals surface area contributed by atoms with Crippen LogP contribution in [0.1, 0.15) is 39.2 Å². The molecule has 142 valence electrons. The van der Waals surface area contributed by atoms with Crippen molar-refractivity contribution >= 4 is 6.09 Å². The van der Waals surface area contributed by atoms with Gasteiger partial charge < -0.3 is 21.1 Å². The average molecular weight is 357 g/mol. The highest BCUT2D eigenvalue weighted by molar-refractivity contribution is 5.68. The number of hydrogen-bond acceptors (Lipinski definition) is 4. The molecule has 0 aliphatic heterocycles. The van der Waals surface area contributed by atoms with Gasteiger partial charge in [-0.1, -0.05) is 0 Å². The molecule has 0 radical (unpaired) electrons. The molecule has 1 amide bonds. The Hall–Kier alpha value is -1.73. The molecule has 0 aliphatic carbocycles. The van der Waals surface area contributed by atoms with Gasteiger partial charge in [0.25, 0.3) is 0 Å². The topological polar surface area (TPSA) is 76.4 Å². The van der Waals surface area contributed by atoms with Crippen LogP contribution in [0.3, 0.4) is 0 Å². The molecule has 1 unspecified atom stereocenters. The van der Waals surface area contributed by atoms with Crippen LogP contribution < -0.4 is 16.4 Å². The molecule has 1 aromatic rings. The number of amides is 1. The number of nitrogens with two attached hydrogens (primary N) is 1. The normalized spacial score (nSPS) is 12.7. The molecule has 0 saturated heterocycles. The van der Waals surface area contributed by atoms with Crippen molar-refractivity contribution in [2.75, 3.05) is 19.6 Å². The van der Waals surface area contributed by atoms with E-state index < -0.39 is 29.4 Å². The Labute approximate surface area is 148 Å². The third kappa shape index (κ3) is 9.36. The van der Waals surface area contributed by atoms with E-state index in [1.165, 1.54) is 0 Å². The summed E-state index contributed by atoms with van der Waals surface area (Å²) in [5, 5.41) is 5.92. The van der Waals surface area contributed by atoms with Crippen molar-refractivity contribution in [1.82, 2.24) is 10.6 Å². The molecule has 4 N–H and O–H groups in total. The molecule has 0 aliphatic rings. The van der Waals surface area contributed by atoms with Gasteiger partial charge in [0, 0.05) is 12.6 Å². The summed E-state index contributed by atoms with van der Waals surface area (Å²) >= 11 is 0. The number of unbranched alkanes of at least 4 members (excludes halogenated alkanes) is 1. The van der Waals surface area contributed by atoms with E-state index in [0.29, 0.717) is 13.1 Å². The highest BCUT2D eigenvalue weighted by Gasteiger charge is 2.20. The zero-order valence-electron chi connectivity index (χ0n) is 15.2. The third-order valence-electron chi connectivity index (χ3n) is 3.39. The molecule has 0 fully saturated rings. The highest BCUT2D eigenvalue weighted by atomic mass is 19.1. The second-order valence-corrected chi connectivity index (χ2v) is 6.98. The summed E-state index contributed by atoms with van der Waals surface area (Å²) in [6.45, 7) is 7.06. The lowest BCUT2D eigenvalue weighted by atomic mass is 10.0. The smallest absolute Gasteiger partial charge is 0.407 e. The number of halogens is 2. The monoisotopic (exact) mass is 357 g/mol. The fraction of sp³-hybridized carbons (Fsp3) is 0.611. The maximum atomic E-state index is 13.9. The first-order valence-corrected chi connectivity index (χ1v) is 8.55. The fourth-order valence-corrected chi connectivity index (χ4v) is 2.28. The van der Waals surface area contributed by atoms with Crippen LogP contribution in [0.4, 0.5) is 13.6 Å². The van der Waals surface area contributed by atoms with Crippen molar-refractivity contribution in [2.24, 2.45) is 5.73 Å². The number of carbonyl (C=O) groups excluding carboxylic acids is 1. The highest BCUT2D eigenvalue weighted by Crippen LogP contribution is 2.13. The predicted molar refractivity (Wildman–Crippen MR) is 94.4 cm³/mol. The summed E-state index contributed by atoms with van der Waals surface area (Å²) in [6, 6.07) is 2.88. The molecular formula is C18H29F2N3O2. The van der Waals surface area contributed by atoms with Crippen LogP contribution in [0.15, 0.2) is 18.2 Å². The number of alkyl carbamates (subject to hydrolysis) is 1. The number of rotatable bonds is 9. The van der Waals surface area contributed by atoms with Crippen molar-refractivity contribution in [3.8, 4) is 0 Å². The number of nitrogens with one attached hydrogen (secondary N) is 2. The number of hydrogen-bond donors (Lipinski definition) is 3. The van der Waals surface area contributed by atoms with Crippen LogP contribution in [-0.4, -0.2) is 37.4 Å². The van der Waals surface area contributed by atoms with Crippen molar-refractivity contribution in [2.45, 2.75) is 51.7 Å². The van der Waals surface area contributed by atoms with Crippen LogP contribution in [-0.2, 0) is 11.2 Å². The first kappa shape index (κ1) is 21.3. The largest absolute Gasteiger partial charge is 0.444 e. The molecule has 0 spiro atoms. The van der Waals surface area contributed by atoms with Crippen LogP contribution in [0.2, 0.25) is 0 Å². The third-order valence-corrected chi connectivity index (χ3v) is 3.39. The quantitative estimate of drug-likeness (QED) is 0.594. The van der Waals surface area contributed by atoms with Crippen LogP contribution in [0.25, 0.3) is 0 Å². The van der Waals surface area contributed by atoms with Crippen molar-refractivity contribution in [3.63, 3.8) is 0 Å². The second-order valence-electron chi connectivity index (χ2n) is 6.98. The van der Waals surface area contributed by atoms with E-state index in [9.17, 15) is 13.6 Å². The van der Waals surface area contributed by atoms with Gasteiger partial charge in [-0.2, -0.15) is 0 Å². The standard InChI is InChI=1S/C18H29F2N3O2/c1-18(2,3)25-17(24)23-15(12-22-9-5-4-8-21)11-13-10-14(19)6-7-16(13)20/h6-7,10,15,22H,4-5,8-9,11-12,21H2,1-3H3,(H,23,24). The van der Waals surface area contributed by atoms with Gasteiger partial charge in [0.05, 0.1) is 0 Å². The summed E-state index contributed by atoms with van der Waals surface area (Å²) in [5.74, 6) is -1.01. The van der Waals surface area contributed by atoms with E-state index in [1.54, 1.807) is 20.8 Å². The number of carbonyl (C=O) groups is 1. The Kier molecular flexibility index (Phi) is 8.78. The first-order valence-electron chi connectivity index (χ1n) is 8.55. The van der Waals surface area contributed by atoms with E-state index >= 15 is 0 Å². The lowest BCUT2D eigenvalue weighted by molar-refractivity contribution is 0.0503. The SMILES string of the molecule is CC(C)(C)OC(=O)NC(CNCCCCN)Cc1cc(F)ccc1F. The molecule has 0 heterocycles. The maximum Gasteiger partial charge on any atom is 0.407 e. The molecule has 0 aromatic heterocycles. The van der Waals surface area contributed by atoms with E-state index in [1.807, 2.05) is 0 Å². The molecule has 1 rings (SSSR count). The minimum absolute atomic E-state index is 0.159. The van der Waals surface area contributed by atoms with Crippen LogP contribution in [0.5, 0.6) is 0 Å². The van der Waals surface area contributed by atoms with E-state index in [4.69, 9.17) is 10.5 Å². The van der Waals surface area contributed by atoms with Crippen LogP contribution in [0, 0.1) is 11.6 Å². The molecule has 1 aromatic carbocycles. The van der Waals surface area contributed by atoms with Crippen LogP contribution >= 0.6 is 0 Å². The summed E-state index contributed by atoms with van der Waals surface area (Å²) in [6.07, 6.45) is 1.38. The Bertz CT molecular complexity index is 548. The summed E-state index contributed by atoms with van der Waals surface area (Å²) in [7, 11) is 0. The second kappa shape index (κ2) is 10.3. The minimum atomic E-state index is -0.632. The lowest BCUT2D eigenvalue weighted by Crippen LogP contribution is -2.45. The van der Waals surface area contributed by atoms with Crippen molar-refractivity contribution in [3.05, 3.63) is 35.4 Å². The Morgan fingerprint density at radius 3 is 2.64 bits per heavy atom. The number of ether oxygens (including phenoxy) is 1. The van der Waals surface area contributed by atoms with Crippen molar-refractivity contribution in [1.29, 1.82) is 0 Å². The Morgan fingerprint density at radius 2 is 2.00 bits per heavy atom. The van der Waals surface area contributed by atoms with Gasteiger partial charge in [0.1, 0.15) is 17.2 Å². The van der Waals surface area contributed by atoms with Gasteiger partial charge >= 0.3 is 6.09 Å². The first-order chi connectivity index (χ1) is 11.7. The Balaban J connectivity index is 2.69. The van der Waals surface area contributed by atoms with Gasteiger partial charge in [-0.05, 0) is 76.9 Å². The number of benzene rings is 1. The zero-order chi connectivity index (χ0) is 18.9. The maximum absolute atomic E-state index is 13.9. The predicted octanol–water partition coefficient (Wildman–Crippen LogP) is 2.73. The molecule has 1 atom stereocenters. The van der Waals surface area contributed by atoms with Crippen molar-refractivity contribution < 1.29 is 18.3 Å². The zero-order valence-corrected chi connectivity index (χ0v) is 15.2. The van der Waals surface area contributed by atoms with Gasteiger partial charge in [0.15, 0.2) is 0 Å². The molecule has 0 bridgehead atoms. The van der Waals surface area contributed by atoms with Gasteiger partial charge in [-0.3, -0.25) is 0 Å². The van der Waals surface area contributed by atoms with Gasteiger partial charge in [-0.25, -0.2) is 13.6 Å². The van der Waals surface area contributed by atoms with E-state index in [2.05, 4.69) is 10.6 Å². The van der Waals surface area contributed by atoms with Gasteiger partial charge in [0.2, 0.25) is 0 Å².